The van der Waals surface area contributed by atoms with E-state index in [-0.39, 0.29) is 18.2 Å². The van der Waals surface area contributed by atoms with Crippen molar-refractivity contribution in [2.45, 2.75) is 38.8 Å². The van der Waals surface area contributed by atoms with Crippen molar-refractivity contribution in [2.75, 3.05) is 6.54 Å². The molecule has 0 radical (unpaired) electrons. The van der Waals surface area contributed by atoms with E-state index in [4.69, 9.17) is 23.2 Å². The van der Waals surface area contributed by atoms with Crippen molar-refractivity contribution in [3.05, 3.63) is 33.8 Å². The van der Waals surface area contributed by atoms with Gasteiger partial charge in [0.2, 0.25) is 0 Å². The third kappa shape index (κ3) is 5.57. The third-order valence-corrected chi connectivity index (χ3v) is 3.76. The zero-order valence-electron chi connectivity index (χ0n) is 11.6. The summed E-state index contributed by atoms with van der Waals surface area (Å²) in [5, 5.41) is 15.8. The molecule has 0 spiro atoms. The summed E-state index contributed by atoms with van der Waals surface area (Å²) in [4.78, 5) is 11.7. The van der Waals surface area contributed by atoms with Gasteiger partial charge in [0.1, 0.15) is 0 Å². The first-order chi connectivity index (χ1) is 9.43. The molecule has 0 aliphatic heterocycles. The van der Waals surface area contributed by atoms with Crippen LogP contribution in [0.25, 0.3) is 0 Å². The van der Waals surface area contributed by atoms with Crippen LogP contribution in [0.15, 0.2) is 18.2 Å². The van der Waals surface area contributed by atoms with Gasteiger partial charge in [-0.05, 0) is 37.5 Å². The molecule has 0 aliphatic carbocycles. The number of rotatable bonds is 6. The normalized spacial score (nSPS) is 13.7. The highest BCUT2D eigenvalue weighted by Crippen LogP contribution is 2.25. The lowest BCUT2D eigenvalue weighted by Crippen LogP contribution is -2.38. The maximum Gasteiger partial charge on any atom is 0.315 e. The standard InChI is InChI=1S/C14H20Cl2N2O2/c1-3-11(19)6-7-17-14(20)18-9(2)10-4-5-12(15)13(16)8-10/h4-5,8-9,11,19H,3,6-7H2,1-2H3,(H2,17,18,20). The predicted octanol–water partition coefficient (Wildman–Crippen LogP) is 3.51. The molecule has 1 rings (SSSR count). The van der Waals surface area contributed by atoms with Gasteiger partial charge in [0.05, 0.1) is 22.2 Å². The molecule has 112 valence electrons. The number of benzene rings is 1. The minimum absolute atomic E-state index is 0.180. The van der Waals surface area contributed by atoms with Crippen LogP contribution in [0.4, 0.5) is 4.79 Å². The number of hydrogen-bond acceptors (Lipinski definition) is 2. The van der Waals surface area contributed by atoms with E-state index in [1.807, 2.05) is 19.9 Å². The Morgan fingerprint density at radius 3 is 2.65 bits per heavy atom. The fraction of sp³-hybridized carbons (Fsp3) is 0.500. The van der Waals surface area contributed by atoms with Crippen molar-refractivity contribution < 1.29 is 9.90 Å². The highest BCUT2D eigenvalue weighted by Gasteiger charge is 2.11. The Morgan fingerprint density at radius 2 is 2.05 bits per heavy atom. The molecule has 2 amide bonds. The van der Waals surface area contributed by atoms with Gasteiger partial charge in [0.15, 0.2) is 0 Å². The smallest absolute Gasteiger partial charge is 0.315 e. The molecule has 2 unspecified atom stereocenters. The SMILES string of the molecule is CCC(O)CCNC(=O)NC(C)c1ccc(Cl)c(Cl)c1. The molecule has 0 saturated heterocycles. The molecule has 4 nitrogen and oxygen atoms in total. The number of nitrogens with one attached hydrogen (secondary N) is 2. The lowest BCUT2D eigenvalue weighted by molar-refractivity contribution is 0.160. The summed E-state index contributed by atoms with van der Waals surface area (Å²) < 4.78 is 0. The minimum Gasteiger partial charge on any atom is -0.393 e. The molecule has 6 heteroatoms. The summed E-state index contributed by atoms with van der Waals surface area (Å²) in [7, 11) is 0. The van der Waals surface area contributed by atoms with Crippen LogP contribution >= 0.6 is 23.2 Å². The predicted molar refractivity (Wildman–Crippen MR) is 82.3 cm³/mol. The topological polar surface area (TPSA) is 61.4 Å². The molecule has 0 aliphatic rings. The van der Waals surface area contributed by atoms with Gasteiger partial charge in [0, 0.05) is 6.54 Å². The largest absolute Gasteiger partial charge is 0.393 e. The van der Waals surface area contributed by atoms with Gasteiger partial charge in [-0.3, -0.25) is 0 Å². The molecule has 0 heterocycles. The average molecular weight is 319 g/mol. The minimum atomic E-state index is -0.372. The quantitative estimate of drug-likeness (QED) is 0.751. The van der Waals surface area contributed by atoms with Crippen molar-refractivity contribution in [1.82, 2.24) is 10.6 Å². The number of aliphatic hydroxyl groups is 1. The number of carbonyl (C=O) groups excluding carboxylic acids is 1. The lowest BCUT2D eigenvalue weighted by atomic mass is 10.1. The first kappa shape index (κ1) is 17.1. The van der Waals surface area contributed by atoms with Gasteiger partial charge in [-0.2, -0.15) is 0 Å². The fourth-order valence-electron chi connectivity index (χ4n) is 1.67. The second kappa shape index (κ2) is 8.35. The Hall–Kier alpha value is -0.970. The number of carbonyl (C=O) groups is 1. The maximum absolute atomic E-state index is 11.7. The van der Waals surface area contributed by atoms with E-state index in [0.29, 0.717) is 29.4 Å². The van der Waals surface area contributed by atoms with Gasteiger partial charge >= 0.3 is 6.03 Å². The van der Waals surface area contributed by atoms with Crippen LogP contribution in [-0.4, -0.2) is 23.8 Å². The summed E-state index contributed by atoms with van der Waals surface area (Å²) in [6.07, 6.45) is 0.858. The molecule has 20 heavy (non-hydrogen) atoms. The number of aliphatic hydroxyl groups excluding tert-OH is 1. The van der Waals surface area contributed by atoms with Crippen LogP contribution < -0.4 is 10.6 Å². The monoisotopic (exact) mass is 318 g/mol. The molecule has 2 atom stereocenters. The van der Waals surface area contributed by atoms with Crippen LogP contribution in [0, 0.1) is 0 Å². The second-order valence-electron chi connectivity index (χ2n) is 4.65. The summed E-state index contributed by atoms with van der Waals surface area (Å²) in [5.74, 6) is 0. The van der Waals surface area contributed by atoms with Crippen molar-refractivity contribution in [3.8, 4) is 0 Å². The van der Waals surface area contributed by atoms with E-state index in [0.717, 1.165) is 5.56 Å². The Kier molecular flexibility index (Phi) is 7.13. The molecule has 0 bridgehead atoms. The number of halogens is 2. The average Bonchev–Trinajstić information content (AvgIpc) is 2.41. The van der Waals surface area contributed by atoms with Crippen LogP contribution in [0.5, 0.6) is 0 Å². The summed E-state index contributed by atoms with van der Waals surface area (Å²) in [6, 6.07) is 4.80. The van der Waals surface area contributed by atoms with E-state index in [9.17, 15) is 9.90 Å². The Morgan fingerprint density at radius 1 is 1.35 bits per heavy atom. The number of hydrogen-bond donors (Lipinski definition) is 3. The molecule has 0 saturated carbocycles. The third-order valence-electron chi connectivity index (χ3n) is 3.03. The van der Waals surface area contributed by atoms with E-state index in [1.54, 1.807) is 12.1 Å². The van der Waals surface area contributed by atoms with Crippen molar-refractivity contribution >= 4 is 29.2 Å². The number of urea groups is 1. The van der Waals surface area contributed by atoms with Gasteiger partial charge in [-0.1, -0.05) is 36.2 Å². The van der Waals surface area contributed by atoms with Gasteiger partial charge in [-0.15, -0.1) is 0 Å². The molecule has 3 N–H and O–H groups in total. The van der Waals surface area contributed by atoms with Crippen molar-refractivity contribution in [3.63, 3.8) is 0 Å². The Balaban J connectivity index is 2.43. The Bertz CT molecular complexity index is 455. The van der Waals surface area contributed by atoms with E-state index < -0.39 is 0 Å². The first-order valence-electron chi connectivity index (χ1n) is 6.61. The first-order valence-corrected chi connectivity index (χ1v) is 7.37. The second-order valence-corrected chi connectivity index (χ2v) is 5.46. The molecular weight excluding hydrogens is 299 g/mol. The van der Waals surface area contributed by atoms with Crippen LogP contribution in [0.1, 0.15) is 38.3 Å². The van der Waals surface area contributed by atoms with Gasteiger partial charge < -0.3 is 15.7 Å². The molecule has 1 aromatic rings. The molecule has 1 aromatic carbocycles. The van der Waals surface area contributed by atoms with Crippen LogP contribution in [0.2, 0.25) is 10.0 Å². The molecular formula is C14H20Cl2N2O2. The molecule has 0 aromatic heterocycles. The molecule has 0 fully saturated rings. The summed E-state index contributed by atoms with van der Waals surface area (Å²) in [6.45, 7) is 4.20. The van der Waals surface area contributed by atoms with E-state index in [2.05, 4.69) is 10.6 Å². The zero-order valence-corrected chi connectivity index (χ0v) is 13.1. The van der Waals surface area contributed by atoms with E-state index in [1.165, 1.54) is 0 Å². The highest BCUT2D eigenvalue weighted by molar-refractivity contribution is 6.42. The van der Waals surface area contributed by atoms with Crippen LogP contribution in [-0.2, 0) is 0 Å². The van der Waals surface area contributed by atoms with Gasteiger partial charge in [0.25, 0.3) is 0 Å². The number of amides is 2. The maximum atomic E-state index is 11.7. The van der Waals surface area contributed by atoms with E-state index >= 15 is 0 Å². The van der Waals surface area contributed by atoms with Crippen molar-refractivity contribution in [1.29, 1.82) is 0 Å². The summed E-state index contributed by atoms with van der Waals surface area (Å²) in [5.41, 5.74) is 0.878. The van der Waals surface area contributed by atoms with Gasteiger partial charge in [-0.25, -0.2) is 4.79 Å². The lowest BCUT2D eigenvalue weighted by Gasteiger charge is -2.16. The highest BCUT2D eigenvalue weighted by atomic mass is 35.5. The fourth-order valence-corrected chi connectivity index (χ4v) is 1.98. The zero-order chi connectivity index (χ0) is 15.1. The van der Waals surface area contributed by atoms with Crippen molar-refractivity contribution in [2.24, 2.45) is 0 Å². The summed E-state index contributed by atoms with van der Waals surface area (Å²) >= 11 is 11.8. The van der Waals surface area contributed by atoms with Crippen LogP contribution in [0.3, 0.4) is 0 Å². The Labute approximate surface area is 129 Å².